The second-order valence-corrected chi connectivity index (χ2v) is 8.55. The van der Waals surface area contributed by atoms with Crippen LogP contribution in [0.25, 0.3) is 0 Å². The molecule has 27 heavy (non-hydrogen) atoms. The van der Waals surface area contributed by atoms with E-state index in [0.29, 0.717) is 18.2 Å². The largest absolute Gasteiger partial charge is 0.416 e. The Labute approximate surface area is 158 Å². The van der Waals surface area contributed by atoms with Crippen LogP contribution in [0.4, 0.5) is 23.7 Å². The highest BCUT2D eigenvalue weighted by atomic mass is 19.4. The molecule has 3 nitrogen and oxygen atoms in total. The van der Waals surface area contributed by atoms with Gasteiger partial charge in [-0.3, -0.25) is 0 Å². The van der Waals surface area contributed by atoms with Crippen molar-refractivity contribution in [2.75, 3.05) is 11.9 Å². The Balaban J connectivity index is 1.68. The standard InChI is InChI=1S/C21H27F3N2O/c1-13(2)26(12-14-5-6-16-11-18(14)20(16,3)4)19(27)25-17-9-7-15(8-10-17)21(22,23)24/h5,7-10,13,16,18H,6,11-12H2,1-4H3,(H,25,27). The van der Waals surface area contributed by atoms with Gasteiger partial charge in [0.2, 0.25) is 0 Å². The summed E-state index contributed by atoms with van der Waals surface area (Å²) in [6, 6.07) is 4.25. The summed E-state index contributed by atoms with van der Waals surface area (Å²) in [6.07, 6.45) is 0.134. The molecule has 2 atom stereocenters. The average Bonchev–Trinajstić information content (AvgIpc) is 2.59. The van der Waals surface area contributed by atoms with Gasteiger partial charge in [-0.25, -0.2) is 4.79 Å². The maximum atomic E-state index is 12.8. The van der Waals surface area contributed by atoms with Gasteiger partial charge >= 0.3 is 12.2 Å². The molecule has 0 saturated heterocycles. The molecule has 0 aromatic heterocycles. The summed E-state index contributed by atoms with van der Waals surface area (Å²) < 4.78 is 38.0. The van der Waals surface area contributed by atoms with Gasteiger partial charge in [0, 0.05) is 18.3 Å². The van der Waals surface area contributed by atoms with Crippen molar-refractivity contribution in [1.29, 1.82) is 0 Å². The first-order chi connectivity index (χ1) is 12.5. The highest BCUT2D eigenvalue weighted by molar-refractivity contribution is 5.89. The van der Waals surface area contributed by atoms with Crippen LogP contribution in [0, 0.1) is 17.3 Å². The van der Waals surface area contributed by atoms with Crippen LogP contribution in [0.2, 0.25) is 0 Å². The van der Waals surface area contributed by atoms with Crippen molar-refractivity contribution < 1.29 is 18.0 Å². The topological polar surface area (TPSA) is 32.3 Å². The van der Waals surface area contributed by atoms with E-state index in [0.717, 1.165) is 24.5 Å². The lowest BCUT2D eigenvalue weighted by molar-refractivity contribution is -0.137. The zero-order valence-electron chi connectivity index (χ0n) is 16.2. The van der Waals surface area contributed by atoms with E-state index < -0.39 is 11.7 Å². The zero-order chi connectivity index (χ0) is 20.0. The Kier molecular flexibility index (Phi) is 5.04. The van der Waals surface area contributed by atoms with Crippen molar-refractivity contribution in [3.63, 3.8) is 0 Å². The lowest BCUT2D eigenvalue weighted by Gasteiger charge is -2.57. The van der Waals surface area contributed by atoms with Crippen molar-refractivity contribution >= 4 is 11.7 Å². The number of allylic oxidation sites excluding steroid dienone is 1. The predicted molar refractivity (Wildman–Crippen MR) is 100 cm³/mol. The fraction of sp³-hybridized carbons (Fsp3) is 0.571. The molecule has 1 N–H and O–H groups in total. The highest BCUT2D eigenvalue weighted by Gasteiger charge is 2.51. The highest BCUT2D eigenvalue weighted by Crippen LogP contribution is 2.59. The van der Waals surface area contributed by atoms with Crippen LogP contribution in [-0.2, 0) is 6.18 Å². The van der Waals surface area contributed by atoms with Crippen LogP contribution in [0.1, 0.15) is 46.1 Å². The molecule has 0 heterocycles. The Bertz CT molecular complexity index is 735. The van der Waals surface area contributed by atoms with E-state index in [9.17, 15) is 18.0 Å². The maximum Gasteiger partial charge on any atom is 0.416 e. The third kappa shape index (κ3) is 3.85. The van der Waals surface area contributed by atoms with Crippen LogP contribution < -0.4 is 5.32 Å². The fourth-order valence-electron chi connectivity index (χ4n) is 4.28. The number of nitrogens with zero attached hydrogens (tertiary/aromatic N) is 1. The Morgan fingerprint density at radius 3 is 2.37 bits per heavy atom. The summed E-state index contributed by atoms with van der Waals surface area (Å²) in [5, 5.41) is 2.73. The summed E-state index contributed by atoms with van der Waals surface area (Å²) in [5.74, 6) is 1.25. The number of amides is 2. The number of benzene rings is 1. The average molecular weight is 380 g/mol. The van der Waals surface area contributed by atoms with Crippen molar-refractivity contribution in [1.82, 2.24) is 4.90 Å². The van der Waals surface area contributed by atoms with Crippen LogP contribution in [-0.4, -0.2) is 23.5 Å². The first-order valence-electron chi connectivity index (χ1n) is 9.44. The Morgan fingerprint density at radius 2 is 1.89 bits per heavy atom. The Morgan fingerprint density at radius 1 is 1.26 bits per heavy atom. The number of alkyl halides is 3. The molecule has 148 valence electrons. The van der Waals surface area contributed by atoms with Gasteiger partial charge in [-0.1, -0.05) is 25.5 Å². The molecule has 3 aliphatic carbocycles. The molecule has 0 aliphatic heterocycles. The number of fused-ring (bicyclic) bond motifs is 1. The first-order valence-corrected chi connectivity index (χ1v) is 9.44. The van der Waals surface area contributed by atoms with Gasteiger partial charge in [-0.2, -0.15) is 13.2 Å². The van der Waals surface area contributed by atoms with E-state index in [4.69, 9.17) is 0 Å². The summed E-state index contributed by atoms with van der Waals surface area (Å²) in [5.41, 5.74) is 1.23. The molecule has 0 spiro atoms. The van der Waals surface area contributed by atoms with Crippen LogP contribution in [0.15, 0.2) is 35.9 Å². The summed E-state index contributed by atoms with van der Waals surface area (Å²) in [7, 11) is 0. The second kappa shape index (κ2) is 6.88. The van der Waals surface area contributed by atoms with E-state index in [-0.39, 0.29) is 17.5 Å². The second-order valence-electron chi connectivity index (χ2n) is 8.55. The molecule has 0 radical (unpaired) electrons. The molecule has 2 amide bonds. The minimum absolute atomic E-state index is 0.0127. The van der Waals surface area contributed by atoms with Gasteiger partial charge in [0.05, 0.1) is 5.56 Å². The lowest BCUT2D eigenvalue weighted by atomic mass is 9.49. The summed E-state index contributed by atoms with van der Waals surface area (Å²) in [4.78, 5) is 14.5. The fourth-order valence-corrected chi connectivity index (χ4v) is 4.28. The number of rotatable bonds is 4. The smallest absolute Gasteiger partial charge is 0.318 e. The third-order valence-electron chi connectivity index (χ3n) is 6.28. The number of halogens is 3. The summed E-state index contributed by atoms with van der Waals surface area (Å²) >= 11 is 0. The van der Waals surface area contributed by atoms with Crippen molar-refractivity contribution in [2.24, 2.45) is 17.3 Å². The lowest BCUT2D eigenvalue weighted by Crippen LogP contribution is -2.51. The number of nitrogens with one attached hydrogen (secondary N) is 1. The van der Waals surface area contributed by atoms with Gasteiger partial charge in [0.1, 0.15) is 0 Å². The molecule has 1 fully saturated rings. The van der Waals surface area contributed by atoms with Crippen LogP contribution >= 0.6 is 0 Å². The molecular formula is C21H27F3N2O. The molecule has 4 rings (SSSR count). The molecule has 2 bridgehead atoms. The number of hydrogen-bond donors (Lipinski definition) is 1. The van der Waals surface area contributed by atoms with Gasteiger partial charge in [-0.05, 0) is 68.2 Å². The third-order valence-corrected chi connectivity index (χ3v) is 6.28. The molecule has 3 aliphatic rings. The van der Waals surface area contributed by atoms with E-state index in [1.54, 1.807) is 4.90 Å². The quantitative estimate of drug-likeness (QED) is 0.644. The SMILES string of the molecule is CC(C)N(CC1=CCC2CC1C2(C)C)C(=O)Nc1ccc(C(F)(F)F)cc1. The number of hydrogen-bond acceptors (Lipinski definition) is 1. The van der Waals surface area contributed by atoms with E-state index in [2.05, 4.69) is 25.2 Å². The first kappa shape index (κ1) is 19.8. The van der Waals surface area contributed by atoms with Gasteiger partial charge in [0.15, 0.2) is 0 Å². The molecular weight excluding hydrogens is 353 g/mol. The Hall–Kier alpha value is -1.98. The minimum atomic E-state index is -4.38. The van der Waals surface area contributed by atoms with Gasteiger partial charge < -0.3 is 10.2 Å². The van der Waals surface area contributed by atoms with E-state index in [1.807, 2.05) is 13.8 Å². The minimum Gasteiger partial charge on any atom is -0.318 e. The predicted octanol–water partition coefficient (Wildman–Crippen LogP) is 5.94. The monoisotopic (exact) mass is 380 g/mol. The molecule has 1 aromatic rings. The molecule has 6 heteroatoms. The van der Waals surface area contributed by atoms with E-state index in [1.165, 1.54) is 24.1 Å². The van der Waals surface area contributed by atoms with Crippen molar-refractivity contribution in [3.05, 3.63) is 41.5 Å². The van der Waals surface area contributed by atoms with Crippen molar-refractivity contribution in [2.45, 2.75) is 52.8 Å². The number of carbonyl (C=O) groups excluding carboxylic acids is 1. The van der Waals surface area contributed by atoms with Crippen LogP contribution in [0.5, 0.6) is 0 Å². The maximum absolute atomic E-state index is 12.8. The zero-order valence-corrected chi connectivity index (χ0v) is 16.2. The number of urea groups is 1. The van der Waals surface area contributed by atoms with Crippen LogP contribution in [0.3, 0.4) is 0 Å². The molecule has 1 saturated carbocycles. The van der Waals surface area contributed by atoms with E-state index >= 15 is 0 Å². The summed E-state index contributed by atoms with van der Waals surface area (Å²) in [6.45, 7) is 9.04. The van der Waals surface area contributed by atoms with Gasteiger partial charge in [0.25, 0.3) is 0 Å². The normalized spacial score (nSPS) is 23.5. The number of anilines is 1. The molecule has 1 aromatic carbocycles. The number of carbonyl (C=O) groups is 1. The molecule has 2 unspecified atom stereocenters. The van der Waals surface area contributed by atoms with Gasteiger partial charge in [-0.15, -0.1) is 0 Å². The van der Waals surface area contributed by atoms with Crippen molar-refractivity contribution in [3.8, 4) is 0 Å².